The highest BCUT2D eigenvalue weighted by Gasteiger charge is 2.32. The highest BCUT2D eigenvalue weighted by Crippen LogP contribution is 2.29. The number of halogens is 3. The van der Waals surface area contributed by atoms with E-state index in [-0.39, 0.29) is 23.9 Å². The first-order valence-electron chi connectivity index (χ1n) is 6.25. The van der Waals surface area contributed by atoms with Crippen molar-refractivity contribution in [2.75, 3.05) is 5.32 Å². The number of anilines is 1. The molecule has 0 spiro atoms. The number of pyridine rings is 1. The van der Waals surface area contributed by atoms with Crippen molar-refractivity contribution < 1.29 is 17.9 Å². The monoisotopic (exact) mass is 310 g/mol. The summed E-state index contributed by atoms with van der Waals surface area (Å²) in [6.07, 6.45) is -1.53. The average molecular weight is 310 g/mol. The Morgan fingerprint density at radius 2 is 2.00 bits per heavy atom. The molecule has 0 saturated heterocycles. The van der Waals surface area contributed by atoms with Crippen LogP contribution >= 0.6 is 0 Å². The molecule has 3 N–H and O–H groups in total. The van der Waals surface area contributed by atoms with Gasteiger partial charge in [0.1, 0.15) is 0 Å². The molecule has 0 bridgehead atoms. The van der Waals surface area contributed by atoms with Gasteiger partial charge in [-0.3, -0.25) is 4.98 Å². The fraction of sp³-hybridized carbons (Fsp3) is 0.143. The molecule has 8 heteroatoms. The van der Waals surface area contributed by atoms with Gasteiger partial charge in [-0.2, -0.15) is 0 Å². The van der Waals surface area contributed by atoms with Crippen molar-refractivity contribution in [3.8, 4) is 5.75 Å². The second kappa shape index (κ2) is 6.79. The van der Waals surface area contributed by atoms with E-state index in [9.17, 15) is 13.2 Å². The van der Waals surface area contributed by atoms with E-state index in [4.69, 9.17) is 5.73 Å². The minimum atomic E-state index is -4.78. The van der Waals surface area contributed by atoms with E-state index < -0.39 is 6.36 Å². The van der Waals surface area contributed by atoms with Crippen LogP contribution < -0.4 is 15.8 Å². The Balaban J connectivity index is 2.06. The van der Waals surface area contributed by atoms with Crippen LogP contribution in [0.2, 0.25) is 0 Å². The maximum atomic E-state index is 12.3. The molecule has 22 heavy (non-hydrogen) atoms. The van der Waals surface area contributed by atoms with Crippen LogP contribution in [0.1, 0.15) is 5.56 Å². The lowest BCUT2D eigenvalue weighted by atomic mass is 10.3. The van der Waals surface area contributed by atoms with Gasteiger partial charge in [-0.15, -0.1) is 13.2 Å². The molecule has 1 heterocycles. The number of hydrogen-bond acceptors (Lipinski definition) is 3. The molecule has 0 fully saturated rings. The molecule has 116 valence electrons. The molecular formula is C14H13F3N4O. The Kier molecular flexibility index (Phi) is 4.82. The molecule has 2 aromatic rings. The summed E-state index contributed by atoms with van der Waals surface area (Å²) in [6, 6.07) is 9.14. The first-order valence-corrected chi connectivity index (χ1v) is 6.25. The van der Waals surface area contributed by atoms with Crippen LogP contribution in [0.15, 0.2) is 53.8 Å². The van der Waals surface area contributed by atoms with E-state index in [0.29, 0.717) is 0 Å². The van der Waals surface area contributed by atoms with Crippen LogP contribution in [0.4, 0.5) is 18.9 Å². The summed E-state index contributed by atoms with van der Waals surface area (Å²) < 4.78 is 40.8. The fourth-order valence-corrected chi connectivity index (χ4v) is 1.63. The number of ether oxygens (including phenoxy) is 1. The first-order chi connectivity index (χ1) is 10.4. The van der Waals surface area contributed by atoms with Gasteiger partial charge in [-0.05, 0) is 23.8 Å². The van der Waals surface area contributed by atoms with E-state index in [1.54, 1.807) is 24.5 Å². The molecule has 2 rings (SSSR count). The number of alkyl halides is 3. The van der Waals surface area contributed by atoms with Crippen molar-refractivity contribution in [3.63, 3.8) is 0 Å². The van der Waals surface area contributed by atoms with Gasteiger partial charge in [-0.25, -0.2) is 4.99 Å². The molecule has 0 unspecified atom stereocenters. The summed E-state index contributed by atoms with van der Waals surface area (Å²) in [4.78, 5) is 7.96. The Hall–Kier alpha value is -2.77. The lowest BCUT2D eigenvalue weighted by Crippen LogP contribution is -2.24. The van der Waals surface area contributed by atoms with Crippen LogP contribution in [0, 0.1) is 0 Å². The van der Waals surface area contributed by atoms with Crippen molar-refractivity contribution in [2.24, 2.45) is 10.7 Å². The highest BCUT2D eigenvalue weighted by molar-refractivity contribution is 5.93. The molecule has 5 nitrogen and oxygen atoms in total. The third-order valence-corrected chi connectivity index (χ3v) is 2.53. The predicted molar refractivity (Wildman–Crippen MR) is 76.3 cm³/mol. The molecule has 0 atom stereocenters. The van der Waals surface area contributed by atoms with E-state index in [1.807, 2.05) is 6.07 Å². The number of benzene rings is 1. The minimum absolute atomic E-state index is 0.0259. The van der Waals surface area contributed by atoms with Gasteiger partial charge in [-0.1, -0.05) is 18.2 Å². The molecule has 0 aliphatic rings. The third-order valence-electron chi connectivity index (χ3n) is 2.53. The Bertz CT molecular complexity index is 644. The Labute approximate surface area is 124 Å². The molecule has 1 aromatic heterocycles. The quantitative estimate of drug-likeness (QED) is 0.673. The zero-order valence-electron chi connectivity index (χ0n) is 11.3. The second-order valence-electron chi connectivity index (χ2n) is 4.23. The Morgan fingerprint density at radius 3 is 2.68 bits per heavy atom. The fourth-order valence-electron chi connectivity index (χ4n) is 1.63. The normalized spacial score (nSPS) is 12.0. The summed E-state index contributed by atoms with van der Waals surface area (Å²) in [5.74, 6) is -0.406. The summed E-state index contributed by atoms with van der Waals surface area (Å²) in [7, 11) is 0. The second-order valence-corrected chi connectivity index (χ2v) is 4.23. The van der Waals surface area contributed by atoms with Crippen LogP contribution in [-0.4, -0.2) is 17.3 Å². The topological polar surface area (TPSA) is 72.5 Å². The number of hydrogen-bond donors (Lipinski definition) is 2. The maximum absolute atomic E-state index is 12.3. The van der Waals surface area contributed by atoms with E-state index in [0.717, 1.165) is 5.56 Å². The van der Waals surface area contributed by atoms with Crippen LogP contribution in [0.25, 0.3) is 0 Å². The van der Waals surface area contributed by atoms with Gasteiger partial charge in [0.05, 0.1) is 12.2 Å². The molecule has 0 amide bonds. The Morgan fingerprint density at radius 1 is 1.23 bits per heavy atom. The summed E-state index contributed by atoms with van der Waals surface area (Å²) in [5, 5.41) is 2.59. The largest absolute Gasteiger partial charge is 0.573 e. The number of nitrogens with zero attached hydrogens (tertiary/aromatic N) is 2. The molecule has 1 aromatic carbocycles. The van der Waals surface area contributed by atoms with Gasteiger partial charge in [0.15, 0.2) is 11.7 Å². The summed E-state index contributed by atoms with van der Waals surface area (Å²) in [5.41, 5.74) is 6.57. The average Bonchev–Trinajstić information content (AvgIpc) is 2.47. The number of guanidine groups is 1. The standard InChI is InChI=1S/C14H13F3N4O/c15-14(16,17)22-12-6-2-1-5-11(12)21-13(18)20-9-10-4-3-7-19-8-10/h1-8H,9H2,(H3,18,20,21). The predicted octanol–water partition coefficient (Wildman–Crippen LogP) is 2.91. The van der Waals surface area contributed by atoms with Crippen molar-refractivity contribution in [1.82, 2.24) is 4.98 Å². The zero-order valence-corrected chi connectivity index (χ0v) is 11.3. The van der Waals surface area contributed by atoms with Gasteiger partial charge in [0, 0.05) is 12.4 Å². The minimum Gasteiger partial charge on any atom is -0.404 e. The molecule has 0 aliphatic carbocycles. The van der Waals surface area contributed by atoms with E-state index in [1.165, 1.54) is 18.2 Å². The van der Waals surface area contributed by atoms with Crippen molar-refractivity contribution in [1.29, 1.82) is 0 Å². The van der Waals surface area contributed by atoms with E-state index >= 15 is 0 Å². The lowest BCUT2D eigenvalue weighted by molar-refractivity contribution is -0.274. The van der Waals surface area contributed by atoms with Gasteiger partial charge in [0.2, 0.25) is 0 Å². The van der Waals surface area contributed by atoms with Crippen LogP contribution in [-0.2, 0) is 6.54 Å². The van der Waals surface area contributed by atoms with Gasteiger partial charge in [0.25, 0.3) is 0 Å². The number of para-hydroxylation sites is 2. The summed E-state index contributed by atoms with van der Waals surface area (Å²) >= 11 is 0. The number of rotatable bonds is 4. The van der Waals surface area contributed by atoms with Gasteiger partial charge < -0.3 is 15.8 Å². The SMILES string of the molecule is NC(=NCc1cccnc1)Nc1ccccc1OC(F)(F)F. The number of nitrogens with two attached hydrogens (primary N) is 1. The van der Waals surface area contributed by atoms with Crippen molar-refractivity contribution >= 4 is 11.6 Å². The molecule has 0 aliphatic heterocycles. The number of aromatic nitrogens is 1. The molecular weight excluding hydrogens is 297 g/mol. The lowest BCUT2D eigenvalue weighted by Gasteiger charge is -2.14. The molecule has 0 saturated carbocycles. The van der Waals surface area contributed by atoms with Crippen LogP contribution in [0.5, 0.6) is 5.75 Å². The summed E-state index contributed by atoms with van der Waals surface area (Å²) in [6.45, 7) is 0.259. The van der Waals surface area contributed by atoms with Gasteiger partial charge >= 0.3 is 6.36 Å². The zero-order chi connectivity index (χ0) is 16.0. The smallest absolute Gasteiger partial charge is 0.404 e. The van der Waals surface area contributed by atoms with E-state index in [2.05, 4.69) is 20.0 Å². The maximum Gasteiger partial charge on any atom is 0.573 e. The number of nitrogens with one attached hydrogen (secondary N) is 1. The van der Waals surface area contributed by atoms with Crippen LogP contribution in [0.3, 0.4) is 0 Å². The van der Waals surface area contributed by atoms with Crippen molar-refractivity contribution in [3.05, 3.63) is 54.4 Å². The first kappa shape index (κ1) is 15.6. The number of aliphatic imine (C=N–C) groups is 1. The van der Waals surface area contributed by atoms with Crippen molar-refractivity contribution in [2.45, 2.75) is 12.9 Å². The highest BCUT2D eigenvalue weighted by atomic mass is 19.4. The third kappa shape index (κ3) is 4.97. The molecule has 0 radical (unpaired) electrons.